The molecule has 10 heteroatoms. The first-order chi connectivity index (χ1) is 15.3. The highest BCUT2D eigenvalue weighted by molar-refractivity contribution is 7.22. The highest BCUT2D eigenvalue weighted by atomic mass is 32.1. The Hall–Kier alpha value is -2.95. The molecule has 0 spiro atoms. The lowest BCUT2D eigenvalue weighted by Gasteiger charge is -2.35. The third-order valence-corrected chi connectivity index (χ3v) is 6.60. The molecule has 0 aliphatic carbocycles. The highest BCUT2D eigenvalue weighted by Gasteiger charge is 2.24. The number of hydrogen-bond donors (Lipinski definition) is 4. The number of nitrogens with one attached hydrogen (secondary N) is 1. The van der Waals surface area contributed by atoms with Crippen molar-refractivity contribution in [2.45, 2.75) is 26.4 Å². The summed E-state index contributed by atoms with van der Waals surface area (Å²) in [7, 11) is 0. The van der Waals surface area contributed by atoms with Crippen molar-refractivity contribution >= 4 is 38.5 Å². The third-order valence-electron chi connectivity index (χ3n) is 5.67. The summed E-state index contributed by atoms with van der Waals surface area (Å²) in [5, 5.41) is 32.4. The van der Waals surface area contributed by atoms with Gasteiger partial charge in [-0.15, -0.1) is 0 Å². The van der Waals surface area contributed by atoms with Gasteiger partial charge in [0.1, 0.15) is 0 Å². The van der Waals surface area contributed by atoms with Crippen molar-refractivity contribution in [3.8, 4) is 5.75 Å². The van der Waals surface area contributed by atoms with Gasteiger partial charge in [0, 0.05) is 38.8 Å². The number of aliphatic hydroxyl groups is 2. The van der Waals surface area contributed by atoms with Crippen molar-refractivity contribution < 1.29 is 20.1 Å². The molecule has 0 bridgehead atoms. The van der Waals surface area contributed by atoms with E-state index in [0.29, 0.717) is 42.7 Å². The summed E-state index contributed by atoms with van der Waals surface area (Å²) in [5.41, 5.74) is 3.90. The molecule has 1 saturated heterocycles. The average molecular weight is 458 g/mol. The predicted octanol–water partition coefficient (Wildman–Crippen LogP) is 2.26. The van der Waals surface area contributed by atoms with E-state index in [2.05, 4.69) is 28.3 Å². The van der Waals surface area contributed by atoms with Crippen LogP contribution in [0.3, 0.4) is 0 Å². The number of benzene rings is 1. The minimum atomic E-state index is -0.882. The van der Waals surface area contributed by atoms with E-state index in [-0.39, 0.29) is 24.8 Å². The van der Waals surface area contributed by atoms with E-state index in [1.54, 1.807) is 17.2 Å². The van der Waals surface area contributed by atoms with Gasteiger partial charge in [0.2, 0.25) is 0 Å². The molecule has 3 heterocycles. The van der Waals surface area contributed by atoms with Crippen molar-refractivity contribution in [3.63, 3.8) is 0 Å². The van der Waals surface area contributed by atoms with E-state index < -0.39 is 6.10 Å². The van der Waals surface area contributed by atoms with Crippen LogP contribution < -0.4 is 10.2 Å². The molecule has 0 unspecified atom stereocenters. The Morgan fingerprint density at radius 2 is 1.91 bits per heavy atom. The number of aromatic hydroxyl groups is 1. The smallest absolute Gasteiger partial charge is 0.323 e. The quantitative estimate of drug-likeness (QED) is 0.464. The van der Waals surface area contributed by atoms with Gasteiger partial charge >= 0.3 is 6.03 Å². The van der Waals surface area contributed by atoms with Gasteiger partial charge in [0.25, 0.3) is 0 Å². The molecule has 2 aromatic heterocycles. The summed E-state index contributed by atoms with van der Waals surface area (Å²) in [5.74, 6) is 0.467. The highest BCUT2D eigenvalue weighted by Crippen LogP contribution is 2.29. The number of urea groups is 1. The molecule has 2 amide bonds. The lowest BCUT2D eigenvalue weighted by molar-refractivity contribution is 0.0954. The summed E-state index contributed by atoms with van der Waals surface area (Å²) in [6.45, 7) is 5.80. The van der Waals surface area contributed by atoms with Gasteiger partial charge in [0.15, 0.2) is 16.7 Å². The first kappa shape index (κ1) is 22.3. The van der Waals surface area contributed by atoms with Crippen LogP contribution >= 0.6 is 11.3 Å². The summed E-state index contributed by atoms with van der Waals surface area (Å²) in [6.07, 6.45) is 0.923. The number of thiazole rings is 1. The topological polar surface area (TPSA) is 122 Å². The van der Waals surface area contributed by atoms with E-state index in [9.17, 15) is 15.0 Å². The molecular formula is C22H27N5O4S. The van der Waals surface area contributed by atoms with Crippen LogP contribution in [0.25, 0.3) is 10.2 Å². The van der Waals surface area contributed by atoms with E-state index in [1.165, 1.54) is 22.5 Å². The zero-order valence-electron chi connectivity index (χ0n) is 18.1. The second-order valence-electron chi connectivity index (χ2n) is 8.05. The molecule has 1 aromatic carbocycles. The van der Waals surface area contributed by atoms with Crippen LogP contribution in [0.2, 0.25) is 0 Å². The van der Waals surface area contributed by atoms with Crippen molar-refractivity contribution in [3.05, 3.63) is 41.1 Å². The number of aryl methyl sites for hydroxylation is 2. The maximum absolute atomic E-state index is 12.7. The summed E-state index contributed by atoms with van der Waals surface area (Å²) in [4.78, 5) is 25.2. The Morgan fingerprint density at radius 1 is 1.19 bits per heavy atom. The van der Waals surface area contributed by atoms with Crippen molar-refractivity contribution in [1.29, 1.82) is 0 Å². The minimum Gasteiger partial charge on any atom is -0.504 e. The molecule has 0 saturated carbocycles. The van der Waals surface area contributed by atoms with Gasteiger partial charge in [-0.25, -0.2) is 14.8 Å². The molecular weight excluding hydrogens is 430 g/mol. The molecule has 3 aromatic rings. The normalized spacial score (nSPS) is 15.2. The van der Waals surface area contributed by atoms with E-state index in [0.717, 1.165) is 10.2 Å². The number of nitrogens with zero attached hydrogens (tertiary/aromatic N) is 4. The Bertz CT molecular complexity index is 1090. The van der Waals surface area contributed by atoms with E-state index in [1.807, 2.05) is 17.9 Å². The van der Waals surface area contributed by atoms with Gasteiger partial charge in [-0.3, -0.25) is 5.32 Å². The fourth-order valence-corrected chi connectivity index (χ4v) is 4.64. The number of carbonyl (C=O) groups excluding carboxylic acids is 1. The Balaban J connectivity index is 1.36. The Kier molecular flexibility index (Phi) is 6.45. The lowest BCUT2D eigenvalue weighted by Crippen LogP contribution is -2.50. The standard InChI is InChI=1S/C22H27N5O4S/c1-13-7-17-19(8-14(13)2)32-21(24-17)25-22(31)27-5-3-26(4-6-27)20-18(30)10-15(11-23-20)9-16(29)12-28/h7-8,10-11,16,28-30H,3-6,9,12H2,1-2H3,(H,24,25,31)/t16-/m1/s1. The number of fused-ring (bicyclic) bond motifs is 1. The number of aromatic nitrogens is 2. The number of aliphatic hydroxyl groups excluding tert-OH is 2. The fourth-order valence-electron chi connectivity index (χ4n) is 3.70. The van der Waals surface area contributed by atoms with E-state index in [4.69, 9.17) is 5.11 Å². The molecule has 1 atom stereocenters. The van der Waals surface area contributed by atoms with Crippen LogP contribution in [0, 0.1) is 13.8 Å². The first-order valence-corrected chi connectivity index (χ1v) is 11.3. The largest absolute Gasteiger partial charge is 0.504 e. The number of pyridine rings is 1. The van der Waals surface area contributed by atoms with Crippen LogP contribution in [0.1, 0.15) is 16.7 Å². The third kappa shape index (κ3) is 4.77. The molecule has 1 fully saturated rings. The zero-order valence-corrected chi connectivity index (χ0v) is 18.9. The molecule has 32 heavy (non-hydrogen) atoms. The van der Waals surface area contributed by atoms with Gasteiger partial charge in [-0.2, -0.15) is 0 Å². The monoisotopic (exact) mass is 457 g/mol. The van der Waals surface area contributed by atoms with Crippen LogP contribution in [0.5, 0.6) is 5.75 Å². The lowest BCUT2D eigenvalue weighted by atomic mass is 10.1. The summed E-state index contributed by atoms with van der Waals surface area (Å²) >= 11 is 1.46. The molecule has 0 radical (unpaired) electrons. The molecule has 170 valence electrons. The fraction of sp³-hybridized carbons (Fsp3) is 0.409. The maximum Gasteiger partial charge on any atom is 0.323 e. The number of piperazine rings is 1. The van der Waals surface area contributed by atoms with Gasteiger partial charge < -0.3 is 25.1 Å². The molecule has 4 N–H and O–H groups in total. The first-order valence-electron chi connectivity index (χ1n) is 10.5. The molecule has 1 aliphatic rings. The van der Waals surface area contributed by atoms with Crippen LogP contribution in [-0.4, -0.2) is 75.1 Å². The number of amides is 2. The van der Waals surface area contributed by atoms with Gasteiger partial charge in [-0.1, -0.05) is 11.3 Å². The minimum absolute atomic E-state index is 0.0191. The second kappa shape index (κ2) is 9.27. The predicted molar refractivity (Wildman–Crippen MR) is 125 cm³/mol. The summed E-state index contributed by atoms with van der Waals surface area (Å²) in [6, 6.07) is 5.48. The Morgan fingerprint density at radius 3 is 2.59 bits per heavy atom. The van der Waals surface area contributed by atoms with Gasteiger partial charge in [0.05, 0.1) is 22.9 Å². The zero-order chi connectivity index (χ0) is 22.8. The number of hydrogen-bond acceptors (Lipinski definition) is 8. The maximum atomic E-state index is 12.7. The SMILES string of the molecule is Cc1cc2nc(NC(=O)N3CCN(c4ncc(C[C@@H](O)CO)cc4O)CC3)sc2cc1C. The number of carbonyl (C=O) groups is 1. The number of anilines is 2. The molecule has 4 rings (SSSR count). The van der Waals surface area contributed by atoms with Crippen LogP contribution in [0.4, 0.5) is 15.7 Å². The van der Waals surface area contributed by atoms with Crippen molar-refractivity contribution in [2.75, 3.05) is 43.0 Å². The van der Waals surface area contributed by atoms with Crippen molar-refractivity contribution in [2.24, 2.45) is 0 Å². The van der Waals surface area contributed by atoms with Gasteiger partial charge in [-0.05, 0) is 48.7 Å². The average Bonchev–Trinajstić information content (AvgIpc) is 3.15. The van der Waals surface area contributed by atoms with Crippen LogP contribution in [-0.2, 0) is 6.42 Å². The van der Waals surface area contributed by atoms with E-state index >= 15 is 0 Å². The molecule has 1 aliphatic heterocycles. The Labute approximate surface area is 190 Å². The number of rotatable bonds is 5. The summed E-state index contributed by atoms with van der Waals surface area (Å²) < 4.78 is 1.05. The van der Waals surface area contributed by atoms with Crippen molar-refractivity contribution in [1.82, 2.24) is 14.9 Å². The molecule has 9 nitrogen and oxygen atoms in total. The second-order valence-corrected chi connectivity index (χ2v) is 9.08. The van der Waals surface area contributed by atoms with Crippen LogP contribution in [0.15, 0.2) is 24.4 Å².